The number of aromatic nitrogens is 1. The molecule has 0 amide bonds. The van der Waals surface area contributed by atoms with Crippen LogP contribution < -0.4 is 10.5 Å². The summed E-state index contributed by atoms with van der Waals surface area (Å²) in [6.45, 7) is 4.46. The summed E-state index contributed by atoms with van der Waals surface area (Å²) < 4.78 is 26.2. The van der Waals surface area contributed by atoms with Crippen LogP contribution in [0.2, 0.25) is 0 Å². The number of nitrogens with zero attached hydrogens (tertiary/aromatic N) is 2. The van der Waals surface area contributed by atoms with Crippen LogP contribution in [0.3, 0.4) is 0 Å². The van der Waals surface area contributed by atoms with Crippen LogP contribution in [0.5, 0.6) is 5.88 Å². The number of nitrogen functional groups attached to an aromatic ring is 1. The van der Waals surface area contributed by atoms with E-state index in [4.69, 9.17) is 25.6 Å². The van der Waals surface area contributed by atoms with Gasteiger partial charge in [-0.15, -0.1) is 0 Å². The van der Waals surface area contributed by atoms with Gasteiger partial charge in [-0.05, 0) is 67.3 Å². The quantitative estimate of drug-likeness (QED) is 0.298. The Balaban J connectivity index is 1.45. The lowest BCUT2D eigenvalue weighted by Gasteiger charge is -2.39. The third-order valence-electron chi connectivity index (χ3n) is 8.80. The summed E-state index contributed by atoms with van der Waals surface area (Å²) in [7, 11) is 0. The standard InChI is InChI=1S/C30H33FN4O4/c1-16(30(36)37)35-14-20-11-26(24(20)15-35)39-29-23-12-25(33)19(13-32)10-22(23)27(17-2-4-21(31)5-3-17)28(34-29)18-6-8-38-9-7-18/h2-5,10,12-13,16,18,20,24,26,32H,6-9,11,14-15,33H2,1H3,(H,36,37). The van der Waals surface area contributed by atoms with E-state index in [1.807, 2.05) is 17.0 Å². The van der Waals surface area contributed by atoms with E-state index in [1.165, 1.54) is 18.3 Å². The highest BCUT2D eigenvalue weighted by Crippen LogP contribution is 2.47. The number of benzene rings is 2. The van der Waals surface area contributed by atoms with Gasteiger partial charge < -0.3 is 25.7 Å². The number of nitrogens with one attached hydrogen (secondary N) is 1. The first-order valence-corrected chi connectivity index (χ1v) is 13.6. The van der Waals surface area contributed by atoms with Crippen LogP contribution in [-0.2, 0) is 9.53 Å². The molecule has 204 valence electrons. The maximum absolute atomic E-state index is 13.9. The number of hydrogen-bond acceptors (Lipinski definition) is 7. The van der Waals surface area contributed by atoms with Gasteiger partial charge in [-0.3, -0.25) is 9.69 Å². The monoisotopic (exact) mass is 532 g/mol. The van der Waals surface area contributed by atoms with Crippen LogP contribution in [-0.4, -0.2) is 65.6 Å². The minimum atomic E-state index is -0.809. The Morgan fingerprint density at radius 3 is 2.67 bits per heavy atom. The number of halogens is 1. The van der Waals surface area contributed by atoms with Crippen LogP contribution in [0, 0.1) is 23.1 Å². The van der Waals surface area contributed by atoms with Gasteiger partial charge in [0.15, 0.2) is 0 Å². The average Bonchev–Trinajstić information content (AvgIpc) is 3.28. The molecule has 3 fully saturated rings. The van der Waals surface area contributed by atoms with Crippen molar-refractivity contribution in [1.29, 1.82) is 5.41 Å². The smallest absolute Gasteiger partial charge is 0.320 e. The minimum absolute atomic E-state index is 0.0699. The van der Waals surface area contributed by atoms with E-state index >= 15 is 0 Å². The van der Waals surface area contributed by atoms with Crippen molar-refractivity contribution in [3.63, 3.8) is 0 Å². The Bertz CT molecular complexity index is 1420. The number of nitrogens with two attached hydrogens (primary N) is 1. The number of carboxylic acids is 1. The molecule has 0 bridgehead atoms. The molecule has 2 saturated heterocycles. The normalized spacial score (nSPS) is 24.2. The fraction of sp³-hybridized carbons (Fsp3) is 0.433. The van der Waals surface area contributed by atoms with E-state index in [9.17, 15) is 14.3 Å². The molecule has 3 aliphatic rings. The van der Waals surface area contributed by atoms with E-state index in [2.05, 4.69) is 0 Å². The van der Waals surface area contributed by atoms with Crippen molar-refractivity contribution in [3.8, 4) is 17.0 Å². The fourth-order valence-electron chi connectivity index (χ4n) is 6.41. The van der Waals surface area contributed by atoms with Crippen LogP contribution in [0.25, 0.3) is 21.9 Å². The number of pyridine rings is 1. The van der Waals surface area contributed by atoms with Gasteiger partial charge in [-0.2, -0.15) is 0 Å². The van der Waals surface area contributed by atoms with E-state index in [0.717, 1.165) is 53.4 Å². The summed E-state index contributed by atoms with van der Waals surface area (Å²) in [5, 5.41) is 19.0. The lowest BCUT2D eigenvalue weighted by atomic mass is 9.73. The third-order valence-corrected chi connectivity index (χ3v) is 8.80. The highest BCUT2D eigenvalue weighted by atomic mass is 19.1. The van der Waals surface area contributed by atoms with Gasteiger partial charge in [0.25, 0.3) is 0 Å². The highest BCUT2D eigenvalue weighted by Gasteiger charge is 2.50. The van der Waals surface area contributed by atoms with Gasteiger partial charge in [-0.1, -0.05) is 12.1 Å². The van der Waals surface area contributed by atoms with Crippen LogP contribution in [0.15, 0.2) is 36.4 Å². The van der Waals surface area contributed by atoms with Crippen molar-refractivity contribution in [2.45, 2.75) is 44.2 Å². The molecule has 4 N–H and O–H groups in total. The van der Waals surface area contributed by atoms with Crippen molar-refractivity contribution in [3.05, 3.63) is 53.5 Å². The molecule has 8 nitrogen and oxygen atoms in total. The first-order valence-electron chi connectivity index (χ1n) is 13.6. The largest absolute Gasteiger partial charge is 0.480 e. The Morgan fingerprint density at radius 1 is 1.23 bits per heavy atom. The molecular formula is C30H33FN4O4. The van der Waals surface area contributed by atoms with E-state index < -0.39 is 12.0 Å². The van der Waals surface area contributed by atoms with Crippen molar-refractivity contribution >= 4 is 28.6 Å². The van der Waals surface area contributed by atoms with Gasteiger partial charge in [0.05, 0.1) is 5.69 Å². The number of aliphatic carboxylic acids is 1. The van der Waals surface area contributed by atoms with Crippen molar-refractivity contribution < 1.29 is 23.8 Å². The van der Waals surface area contributed by atoms with Crippen molar-refractivity contribution in [1.82, 2.24) is 9.88 Å². The maximum Gasteiger partial charge on any atom is 0.320 e. The van der Waals surface area contributed by atoms with Crippen molar-refractivity contribution in [2.75, 3.05) is 32.0 Å². The zero-order valence-corrected chi connectivity index (χ0v) is 21.9. The number of anilines is 1. The highest BCUT2D eigenvalue weighted by molar-refractivity contribution is 6.05. The van der Waals surface area contributed by atoms with Gasteiger partial charge in [0.2, 0.25) is 5.88 Å². The number of carbonyl (C=O) groups is 1. The summed E-state index contributed by atoms with van der Waals surface area (Å²) in [4.78, 5) is 18.7. The minimum Gasteiger partial charge on any atom is -0.480 e. The van der Waals surface area contributed by atoms with Crippen molar-refractivity contribution in [2.24, 2.45) is 11.8 Å². The first kappa shape index (κ1) is 25.7. The molecule has 2 aromatic carbocycles. The Kier molecular flexibility index (Phi) is 6.72. The number of carboxylic acid groups (broad SMARTS) is 1. The molecule has 3 heterocycles. The second-order valence-electron chi connectivity index (χ2n) is 11.0. The Morgan fingerprint density at radius 2 is 1.97 bits per heavy atom. The molecule has 6 rings (SSSR count). The van der Waals surface area contributed by atoms with Gasteiger partial charge in [0, 0.05) is 66.6 Å². The van der Waals surface area contributed by atoms with Gasteiger partial charge >= 0.3 is 5.97 Å². The lowest BCUT2D eigenvalue weighted by molar-refractivity contribution is -0.142. The molecule has 4 unspecified atom stereocenters. The zero-order chi connectivity index (χ0) is 27.3. The molecule has 4 atom stereocenters. The lowest BCUT2D eigenvalue weighted by Crippen LogP contribution is -2.44. The Hall–Kier alpha value is -3.56. The zero-order valence-electron chi connectivity index (χ0n) is 21.9. The molecule has 39 heavy (non-hydrogen) atoms. The number of likely N-dealkylation sites (tertiary alicyclic amines) is 1. The molecule has 2 aliphatic heterocycles. The molecule has 9 heteroatoms. The fourth-order valence-corrected chi connectivity index (χ4v) is 6.41. The number of rotatable bonds is 7. The van der Waals surface area contributed by atoms with E-state index in [-0.39, 0.29) is 23.8 Å². The van der Waals surface area contributed by atoms with E-state index in [0.29, 0.717) is 42.8 Å². The molecule has 1 aromatic heterocycles. The van der Waals surface area contributed by atoms with Crippen LogP contribution >= 0.6 is 0 Å². The summed E-state index contributed by atoms with van der Waals surface area (Å²) in [6.07, 6.45) is 3.64. The predicted octanol–water partition coefficient (Wildman–Crippen LogP) is 4.69. The number of fused-ring (bicyclic) bond motifs is 2. The molecular weight excluding hydrogens is 499 g/mol. The number of hydrogen-bond donors (Lipinski definition) is 3. The summed E-state index contributed by atoms with van der Waals surface area (Å²) >= 11 is 0. The summed E-state index contributed by atoms with van der Waals surface area (Å²) in [5.41, 5.74) is 10.0. The molecule has 0 spiro atoms. The van der Waals surface area contributed by atoms with E-state index in [1.54, 1.807) is 19.1 Å². The maximum atomic E-state index is 13.9. The molecule has 0 radical (unpaired) electrons. The number of ether oxygens (including phenoxy) is 2. The molecule has 1 aliphatic carbocycles. The summed E-state index contributed by atoms with van der Waals surface area (Å²) in [6, 6.07) is 9.64. The summed E-state index contributed by atoms with van der Waals surface area (Å²) in [5.74, 6) is 0.177. The topological polar surface area (TPSA) is 122 Å². The van der Waals surface area contributed by atoms with Crippen LogP contribution in [0.1, 0.15) is 43.4 Å². The average molecular weight is 533 g/mol. The SMILES string of the molecule is CC(C(=O)O)N1CC2CC(Oc3nc(C4CCOCC4)c(-c4ccc(F)cc4)c4cc(C=N)c(N)cc34)C2C1. The molecule has 1 saturated carbocycles. The second-order valence-corrected chi connectivity index (χ2v) is 11.0. The predicted molar refractivity (Wildman–Crippen MR) is 147 cm³/mol. The first-order chi connectivity index (χ1) is 18.8. The van der Waals surface area contributed by atoms with Gasteiger partial charge in [0.1, 0.15) is 18.0 Å². The Labute approximate surface area is 226 Å². The van der Waals surface area contributed by atoms with Gasteiger partial charge in [-0.25, -0.2) is 9.37 Å². The van der Waals surface area contributed by atoms with Crippen LogP contribution in [0.4, 0.5) is 10.1 Å². The second kappa shape index (κ2) is 10.2. The molecule has 3 aromatic rings. The third kappa shape index (κ3) is 4.63.